The van der Waals surface area contributed by atoms with Gasteiger partial charge in [0.1, 0.15) is 12.1 Å². The molecule has 3 rings (SSSR count). The summed E-state index contributed by atoms with van der Waals surface area (Å²) in [6.45, 7) is 0.243. The van der Waals surface area contributed by atoms with Crippen LogP contribution in [-0.2, 0) is 16.6 Å². The maximum atomic E-state index is 12.0. The van der Waals surface area contributed by atoms with Crippen LogP contribution in [0.1, 0.15) is 12.2 Å². The summed E-state index contributed by atoms with van der Waals surface area (Å²) in [5.74, 6) is 0.132. The van der Waals surface area contributed by atoms with Crippen molar-refractivity contribution in [2.75, 3.05) is 11.9 Å². The first-order chi connectivity index (χ1) is 13.6. The van der Waals surface area contributed by atoms with Gasteiger partial charge in [-0.15, -0.1) is 10.2 Å². The number of hydrogen-bond acceptors (Lipinski definition) is 6. The molecule has 0 fully saturated rings. The van der Waals surface area contributed by atoms with Gasteiger partial charge in [-0.05, 0) is 54.2 Å². The summed E-state index contributed by atoms with van der Waals surface area (Å²) < 4.78 is 6.93. The van der Waals surface area contributed by atoms with E-state index in [-0.39, 0.29) is 24.8 Å². The Hall–Kier alpha value is -3.33. The van der Waals surface area contributed by atoms with Crippen molar-refractivity contribution in [3.05, 3.63) is 60.8 Å². The summed E-state index contributed by atoms with van der Waals surface area (Å²) in [6.07, 6.45) is 6.28. The van der Waals surface area contributed by atoms with Crippen LogP contribution < -0.4 is 10.6 Å². The lowest BCUT2D eigenvalue weighted by Crippen LogP contribution is -2.26. The van der Waals surface area contributed by atoms with Crippen LogP contribution in [0.25, 0.3) is 6.08 Å². The Balaban J connectivity index is 1.39. The molecule has 8 nitrogen and oxygen atoms in total. The molecule has 0 saturated heterocycles. The van der Waals surface area contributed by atoms with Crippen molar-refractivity contribution in [3.63, 3.8) is 0 Å². The molecule has 0 atom stereocenters. The number of rotatable bonds is 8. The van der Waals surface area contributed by atoms with Gasteiger partial charge in [-0.25, -0.2) is 0 Å². The number of nitrogens with zero attached hydrogens (tertiary/aromatic N) is 3. The highest BCUT2D eigenvalue weighted by atomic mass is 32.2. The minimum atomic E-state index is -0.283. The van der Waals surface area contributed by atoms with E-state index in [0.29, 0.717) is 11.4 Å². The topological polar surface area (TPSA) is 102 Å². The van der Waals surface area contributed by atoms with Gasteiger partial charge in [-0.1, -0.05) is 0 Å². The molecule has 0 radical (unpaired) electrons. The van der Waals surface area contributed by atoms with E-state index in [1.165, 1.54) is 24.1 Å². The Kier molecular flexibility index (Phi) is 6.64. The first-order valence-corrected chi connectivity index (χ1v) is 9.33. The molecule has 2 heterocycles. The summed E-state index contributed by atoms with van der Waals surface area (Å²) in [5, 5.41) is 14.1. The van der Waals surface area contributed by atoms with Crippen molar-refractivity contribution in [1.29, 1.82) is 0 Å². The van der Waals surface area contributed by atoms with E-state index < -0.39 is 0 Å². The Morgan fingerprint density at radius 2 is 2.07 bits per heavy atom. The minimum Gasteiger partial charge on any atom is -0.465 e. The van der Waals surface area contributed by atoms with Gasteiger partial charge in [0, 0.05) is 36.7 Å². The molecule has 3 aromatic rings. The van der Waals surface area contributed by atoms with Crippen molar-refractivity contribution >= 4 is 35.3 Å². The van der Waals surface area contributed by atoms with Crippen LogP contribution in [0.3, 0.4) is 0 Å². The molecule has 0 aliphatic heterocycles. The molecule has 28 heavy (non-hydrogen) atoms. The van der Waals surface area contributed by atoms with Gasteiger partial charge in [0.15, 0.2) is 5.16 Å². The Morgan fingerprint density at radius 3 is 2.75 bits per heavy atom. The van der Waals surface area contributed by atoms with Crippen LogP contribution in [0.2, 0.25) is 0 Å². The van der Waals surface area contributed by atoms with Crippen molar-refractivity contribution in [1.82, 2.24) is 20.1 Å². The highest BCUT2D eigenvalue weighted by Gasteiger charge is 2.06. The number of carbonyl (C=O) groups is 2. The average Bonchev–Trinajstić information content (AvgIpc) is 3.34. The zero-order chi connectivity index (χ0) is 19.8. The molecule has 0 bridgehead atoms. The van der Waals surface area contributed by atoms with E-state index in [0.717, 1.165) is 10.1 Å². The van der Waals surface area contributed by atoms with Gasteiger partial charge in [0.25, 0.3) is 0 Å². The zero-order valence-corrected chi connectivity index (χ0v) is 16.0. The molecule has 2 N–H and O–H groups in total. The Bertz CT molecular complexity index is 948. The van der Waals surface area contributed by atoms with E-state index in [4.69, 9.17) is 4.42 Å². The predicted molar refractivity (Wildman–Crippen MR) is 106 cm³/mol. The monoisotopic (exact) mass is 397 g/mol. The fourth-order valence-electron chi connectivity index (χ4n) is 2.20. The van der Waals surface area contributed by atoms with Crippen LogP contribution in [0, 0.1) is 0 Å². The first-order valence-electron chi connectivity index (χ1n) is 8.51. The fraction of sp³-hybridized carbons (Fsp3) is 0.158. The van der Waals surface area contributed by atoms with Gasteiger partial charge in [0.05, 0.1) is 6.26 Å². The quantitative estimate of drug-likeness (QED) is 0.567. The summed E-state index contributed by atoms with van der Waals surface area (Å²) in [4.78, 5) is 24.7. The SMILES string of the molecule is Cn1cnnc1Sc1ccc(NC(=O)CCNC(=O)/C=C/c2ccco2)cc1. The number of benzene rings is 1. The lowest BCUT2D eigenvalue weighted by Gasteiger charge is -2.07. The van der Waals surface area contributed by atoms with Gasteiger partial charge in [0.2, 0.25) is 11.8 Å². The minimum absolute atomic E-state index is 0.176. The largest absolute Gasteiger partial charge is 0.465 e. The fourth-order valence-corrected chi connectivity index (χ4v) is 2.96. The Morgan fingerprint density at radius 1 is 1.25 bits per heavy atom. The number of nitrogens with one attached hydrogen (secondary N) is 2. The third-order valence-electron chi connectivity index (χ3n) is 3.61. The number of furan rings is 1. The Labute approximate surface area is 166 Å². The molecule has 0 aliphatic carbocycles. The van der Waals surface area contributed by atoms with Crippen molar-refractivity contribution < 1.29 is 14.0 Å². The molecular weight excluding hydrogens is 378 g/mol. The standard InChI is InChI=1S/C19H19N5O3S/c1-24-13-21-23-19(24)28-16-7-4-14(5-8-16)22-18(26)10-11-20-17(25)9-6-15-3-2-12-27-15/h2-9,12-13H,10-11H2,1H3,(H,20,25)(H,22,26)/b9-6+. The number of amides is 2. The number of aryl methyl sites for hydroxylation is 1. The predicted octanol–water partition coefficient (Wildman–Crippen LogP) is 2.72. The summed E-state index contributed by atoms with van der Waals surface area (Å²) >= 11 is 1.49. The van der Waals surface area contributed by atoms with E-state index in [1.807, 2.05) is 35.9 Å². The molecule has 0 unspecified atom stereocenters. The number of aromatic nitrogens is 3. The molecule has 9 heteroatoms. The smallest absolute Gasteiger partial charge is 0.244 e. The highest BCUT2D eigenvalue weighted by molar-refractivity contribution is 7.99. The summed E-state index contributed by atoms with van der Waals surface area (Å²) in [7, 11) is 1.88. The molecule has 0 aliphatic rings. The second-order valence-corrected chi connectivity index (χ2v) is 6.83. The van der Waals surface area contributed by atoms with E-state index in [9.17, 15) is 9.59 Å². The maximum absolute atomic E-state index is 12.0. The molecule has 0 saturated carbocycles. The van der Waals surface area contributed by atoms with E-state index >= 15 is 0 Å². The van der Waals surface area contributed by atoms with Gasteiger partial charge in [-0.2, -0.15) is 0 Å². The van der Waals surface area contributed by atoms with E-state index in [2.05, 4.69) is 20.8 Å². The van der Waals surface area contributed by atoms with Crippen molar-refractivity contribution in [3.8, 4) is 0 Å². The van der Waals surface area contributed by atoms with E-state index in [1.54, 1.807) is 24.5 Å². The molecule has 0 spiro atoms. The molecule has 2 amide bonds. The second kappa shape index (κ2) is 9.56. The molecular formula is C19H19N5O3S. The van der Waals surface area contributed by atoms with Crippen LogP contribution in [0.15, 0.2) is 69.5 Å². The lowest BCUT2D eigenvalue weighted by atomic mass is 10.3. The van der Waals surface area contributed by atoms with Crippen LogP contribution in [0.4, 0.5) is 5.69 Å². The third-order valence-corrected chi connectivity index (χ3v) is 4.67. The highest BCUT2D eigenvalue weighted by Crippen LogP contribution is 2.26. The van der Waals surface area contributed by atoms with Crippen LogP contribution in [0.5, 0.6) is 0 Å². The summed E-state index contributed by atoms with van der Waals surface area (Å²) in [6, 6.07) is 10.9. The van der Waals surface area contributed by atoms with Crippen molar-refractivity contribution in [2.45, 2.75) is 16.5 Å². The van der Waals surface area contributed by atoms with Gasteiger partial charge >= 0.3 is 0 Å². The normalized spacial score (nSPS) is 10.9. The lowest BCUT2D eigenvalue weighted by molar-refractivity contribution is -0.117. The average molecular weight is 397 g/mol. The molecule has 1 aromatic carbocycles. The van der Waals surface area contributed by atoms with Crippen molar-refractivity contribution in [2.24, 2.45) is 7.05 Å². The van der Waals surface area contributed by atoms with Crippen LogP contribution in [-0.4, -0.2) is 33.1 Å². The summed E-state index contributed by atoms with van der Waals surface area (Å²) in [5.41, 5.74) is 0.691. The molecule has 2 aromatic heterocycles. The third kappa shape index (κ3) is 5.85. The zero-order valence-electron chi connectivity index (χ0n) is 15.2. The van der Waals surface area contributed by atoms with Gasteiger partial charge < -0.3 is 19.6 Å². The van der Waals surface area contributed by atoms with Crippen LogP contribution >= 0.6 is 11.8 Å². The number of hydrogen-bond donors (Lipinski definition) is 2. The van der Waals surface area contributed by atoms with Gasteiger partial charge in [-0.3, -0.25) is 9.59 Å². The molecule has 144 valence electrons. The number of carbonyl (C=O) groups excluding carboxylic acids is 2. The first kappa shape index (κ1) is 19.4. The maximum Gasteiger partial charge on any atom is 0.244 e. The number of anilines is 1. The second-order valence-electron chi connectivity index (χ2n) is 5.79.